The Morgan fingerprint density at radius 1 is 1.06 bits per heavy atom. The van der Waals surface area contributed by atoms with E-state index in [9.17, 15) is 5.11 Å². The van der Waals surface area contributed by atoms with Crippen molar-refractivity contribution in [3.05, 3.63) is 35.9 Å². The summed E-state index contributed by atoms with van der Waals surface area (Å²) in [4.78, 5) is 0. The monoisotopic (exact) mass is 236 g/mol. The maximum Gasteiger partial charge on any atom is 0.0725 e. The van der Waals surface area contributed by atoms with Gasteiger partial charge in [-0.15, -0.1) is 0 Å². The third-order valence-electron chi connectivity index (χ3n) is 3.60. The Morgan fingerprint density at radius 2 is 1.69 bits per heavy atom. The van der Waals surface area contributed by atoms with Gasteiger partial charge in [-0.05, 0) is 24.3 Å². The maximum absolute atomic E-state index is 10.3. The molecule has 2 heteroatoms. The highest BCUT2D eigenvalue weighted by atomic mass is 32.1. The lowest BCUT2D eigenvalue weighted by Gasteiger charge is -2.30. The van der Waals surface area contributed by atoms with E-state index in [-0.39, 0.29) is 11.4 Å². The number of benzene rings is 1. The van der Waals surface area contributed by atoms with Crippen LogP contribution in [0.15, 0.2) is 30.3 Å². The van der Waals surface area contributed by atoms with Crippen LogP contribution in [0.3, 0.4) is 0 Å². The molecule has 0 aromatic heterocycles. The molecule has 2 rings (SSSR count). The molecule has 1 aliphatic rings. The first-order valence-electron chi connectivity index (χ1n) is 6.20. The smallest absolute Gasteiger partial charge is 0.0725 e. The van der Waals surface area contributed by atoms with E-state index in [1.807, 2.05) is 30.3 Å². The molecule has 1 nitrogen and oxygen atoms in total. The second kappa shape index (κ2) is 5.74. The molecule has 0 spiro atoms. The molecular weight excluding hydrogens is 216 g/mol. The highest BCUT2D eigenvalue weighted by Crippen LogP contribution is 2.35. The van der Waals surface area contributed by atoms with Crippen LogP contribution in [0, 0.1) is 5.92 Å². The zero-order valence-corrected chi connectivity index (χ0v) is 10.4. The van der Waals surface area contributed by atoms with E-state index in [4.69, 9.17) is 0 Å². The average Bonchev–Trinajstić information content (AvgIpc) is 2.39. The van der Waals surface area contributed by atoms with Gasteiger partial charge in [-0.3, -0.25) is 0 Å². The van der Waals surface area contributed by atoms with Gasteiger partial charge in [0.05, 0.1) is 11.4 Å². The highest BCUT2D eigenvalue weighted by Gasteiger charge is 2.27. The van der Waals surface area contributed by atoms with Crippen molar-refractivity contribution < 1.29 is 5.11 Å². The minimum Gasteiger partial charge on any atom is -0.391 e. The summed E-state index contributed by atoms with van der Waals surface area (Å²) in [7, 11) is 0. The van der Waals surface area contributed by atoms with Crippen LogP contribution in [0.1, 0.15) is 42.9 Å². The molecule has 0 saturated heterocycles. The molecule has 0 amide bonds. The Hall–Kier alpha value is -0.470. The second-order valence-corrected chi connectivity index (χ2v) is 5.30. The molecule has 0 aliphatic heterocycles. The first kappa shape index (κ1) is 12.0. The molecule has 1 aromatic carbocycles. The fourth-order valence-electron chi connectivity index (χ4n) is 2.58. The van der Waals surface area contributed by atoms with E-state index in [1.165, 1.54) is 19.3 Å². The Labute approximate surface area is 103 Å². The third kappa shape index (κ3) is 2.80. The summed E-state index contributed by atoms with van der Waals surface area (Å²) in [6.45, 7) is 0. The van der Waals surface area contributed by atoms with Crippen molar-refractivity contribution in [1.29, 1.82) is 0 Å². The zero-order chi connectivity index (χ0) is 11.4. The van der Waals surface area contributed by atoms with Crippen molar-refractivity contribution in [1.82, 2.24) is 0 Å². The Kier molecular flexibility index (Phi) is 4.30. The van der Waals surface area contributed by atoms with Gasteiger partial charge in [-0.2, -0.15) is 12.6 Å². The standard InChI is InChI=1S/C14H20OS/c15-13(11-7-3-1-4-8-11)14(16)12-9-5-2-6-10-12/h2,5-6,9-11,13-16H,1,3-4,7-8H2. The average molecular weight is 236 g/mol. The predicted octanol–water partition coefficient (Wildman–Crippen LogP) is 3.60. The number of hydrogen-bond donors (Lipinski definition) is 2. The summed E-state index contributed by atoms with van der Waals surface area (Å²) in [5, 5.41) is 10.3. The van der Waals surface area contributed by atoms with Gasteiger partial charge in [0.15, 0.2) is 0 Å². The fraction of sp³-hybridized carbons (Fsp3) is 0.571. The number of thiol groups is 1. The van der Waals surface area contributed by atoms with Crippen LogP contribution in [0.4, 0.5) is 0 Å². The lowest BCUT2D eigenvalue weighted by molar-refractivity contribution is 0.0829. The minimum atomic E-state index is -0.300. The summed E-state index contributed by atoms with van der Waals surface area (Å²) >= 11 is 4.57. The molecule has 1 aromatic rings. The number of hydrogen-bond acceptors (Lipinski definition) is 2. The van der Waals surface area contributed by atoms with Gasteiger partial charge < -0.3 is 5.11 Å². The molecule has 0 heterocycles. The molecule has 16 heavy (non-hydrogen) atoms. The predicted molar refractivity (Wildman–Crippen MR) is 70.8 cm³/mol. The largest absolute Gasteiger partial charge is 0.391 e. The molecule has 2 unspecified atom stereocenters. The molecule has 88 valence electrons. The van der Waals surface area contributed by atoms with Crippen LogP contribution >= 0.6 is 12.6 Å². The minimum absolute atomic E-state index is 0.0377. The van der Waals surface area contributed by atoms with E-state index in [0.717, 1.165) is 18.4 Å². The van der Waals surface area contributed by atoms with Crippen molar-refractivity contribution in [3.8, 4) is 0 Å². The van der Waals surface area contributed by atoms with Gasteiger partial charge >= 0.3 is 0 Å². The van der Waals surface area contributed by atoms with Crippen LogP contribution in [0.25, 0.3) is 0 Å². The van der Waals surface area contributed by atoms with Crippen molar-refractivity contribution in [2.75, 3.05) is 0 Å². The Balaban J connectivity index is 2.00. The van der Waals surface area contributed by atoms with E-state index in [1.54, 1.807) is 0 Å². The van der Waals surface area contributed by atoms with Crippen molar-refractivity contribution in [2.45, 2.75) is 43.5 Å². The topological polar surface area (TPSA) is 20.2 Å². The van der Waals surface area contributed by atoms with Crippen LogP contribution in [-0.4, -0.2) is 11.2 Å². The van der Waals surface area contributed by atoms with Gasteiger partial charge in [-0.1, -0.05) is 49.6 Å². The highest BCUT2D eigenvalue weighted by molar-refractivity contribution is 7.80. The van der Waals surface area contributed by atoms with Crippen LogP contribution < -0.4 is 0 Å². The Bertz CT molecular complexity index is 306. The normalized spacial score (nSPS) is 21.6. The van der Waals surface area contributed by atoms with Crippen LogP contribution in [0.2, 0.25) is 0 Å². The van der Waals surface area contributed by atoms with Gasteiger partial charge in [0.1, 0.15) is 0 Å². The first-order chi connectivity index (χ1) is 7.79. The summed E-state index contributed by atoms with van der Waals surface area (Å²) < 4.78 is 0. The zero-order valence-electron chi connectivity index (χ0n) is 9.55. The molecule has 1 fully saturated rings. The molecule has 0 bridgehead atoms. The van der Waals surface area contributed by atoms with Crippen molar-refractivity contribution >= 4 is 12.6 Å². The molecule has 2 atom stereocenters. The van der Waals surface area contributed by atoms with Crippen molar-refractivity contribution in [3.63, 3.8) is 0 Å². The fourth-order valence-corrected chi connectivity index (χ4v) is 3.00. The SMILES string of the molecule is OC(C1CCCCC1)C(S)c1ccccc1. The van der Waals surface area contributed by atoms with Crippen LogP contribution in [-0.2, 0) is 0 Å². The molecule has 1 aliphatic carbocycles. The van der Waals surface area contributed by atoms with Gasteiger partial charge in [0.25, 0.3) is 0 Å². The van der Waals surface area contributed by atoms with Gasteiger partial charge in [0, 0.05) is 0 Å². The van der Waals surface area contributed by atoms with E-state index in [2.05, 4.69) is 12.6 Å². The van der Waals surface area contributed by atoms with Gasteiger partial charge in [0.2, 0.25) is 0 Å². The number of aliphatic hydroxyl groups is 1. The number of rotatable bonds is 3. The molecule has 0 radical (unpaired) electrons. The van der Waals surface area contributed by atoms with Crippen molar-refractivity contribution in [2.24, 2.45) is 5.92 Å². The lowest BCUT2D eigenvalue weighted by atomic mass is 9.83. The van der Waals surface area contributed by atoms with E-state index < -0.39 is 0 Å². The maximum atomic E-state index is 10.3. The van der Waals surface area contributed by atoms with E-state index in [0.29, 0.717) is 5.92 Å². The Morgan fingerprint density at radius 3 is 2.31 bits per heavy atom. The van der Waals surface area contributed by atoms with E-state index >= 15 is 0 Å². The number of aliphatic hydroxyl groups excluding tert-OH is 1. The summed E-state index contributed by atoms with van der Waals surface area (Å²) in [6, 6.07) is 10.1. The van der Waals surface area contributed by atoms with Gasteiger partial charge in [-0.25, -0.2) is 0 Å². The summed E-state index contributed by atoms with van der Waals surface area (Å²) in [5.41, 5.74) is 1.13. The first-order valence-corrected chi connectivity index (χ1v) is 6.72. The third-order valence-corrected chi connectivity index (χ3v) is 4.20. The molecular formula is C14H20OS. The quantitative estimate of drug-likeness (QED) is 0.768. The second-order valence-electron chi connectivity index (χ2n) is 4.74. The lowest BCUT2D eigenvalue weighted by Crippen LogP contribution is -2.26. The summed E-state index contributed by atoms with van der Waals surface area (Å²) in [5.74, 6) is 0.441. The molecule has 1 saturated carbocycles. The molecule has 1 N–H and O–H groups in total. The summed E-state index contributed by atoms with van der Waals surface area (Å²) in [6.07, 6.45) is 5.86. The van der Waals surface area contributed by atoms with Crippen LogP contribution in [0.5, 0.6) is 0 Å².